The second-order valence-corrected chi connectivity index (χ2v) is 7.91. The Morgan fingerprint density at radius 3 is 1.83 bits per heavy atom. The third kappa shape index (κ3) is 4.99. The minimum Gasteiger partial charge on any atom is -0.337 e. The first kappa shape index (κ1) is 20.4. The van der Waals surface area contributed by atoms with Gasteiger partial charge in [-0.15, -0.1) is 0 Å². The molecule has 1 heterocycles. The summed E-state index contributed by atoms with van der Waals surface area (Å²) in [5.74, 6) is 0.0561. The summed E-state index contributed by atoms with van der Waals surface area (Å²) in [6.07, 6.45) is 3.51. The molecule has 30 heavy (non-hydrogen) atoms. The lowest BCUT2D eigenvalue weighted by molar-refractivity contribution is -0.127. The Labute approximate surface area is 183 Å². The van der Waals surface area contributed by atoms with Crippen LogP contribution in [0.1, 0.15) is 22.7 Å². The summed E-state index contributed by atoms with van der Waals surface area (Å²) in [6.45, 7) is 3.13. The first-order chi connectivity index (χ1) is 14.7. The van der Waals surface area contributed by atoms with Crippen LogP contribution in [0, 0.1) is 0 Å². The first-order valence-electron chi connectivity index (χ1n) is 10.3. The van der Waals surface area contributed by atoms with Gasteiger partial charge in [-0.3, -0.25) is 9.69 Å². The number of halogens is 1. The van der Waals surface area contributed by atoms with E-state index >= 15 is 0 Å². The van der Waals surface area contributed by atoms with E-state index in [1.165, 1.54) is 11.1 Å². The van der Waals surface area contributed by atoms with Gasteiger partial charge in [0, 0.05) is 37.3 Å². The standard InChI is InChI=1S/C26H25ClN2O/c27-24-14-11-21(12-15-24)13-16-25(30)28-17-19-29(20-18-28)26(22-7-3-1-4-8-22)23-9-5-2-6-10-23/h1-16,26H,17-20H2. The molecule has 0 atom stereocenters. The van der Waals surface area contributed by atoms with Crippen molar-refractivity contribution >= 4 is 23.6 Å². The fraction of sp³-hybridized carbons (Fsp3) is 0.192. The van der Waals surface area contributed by atoms with E-state index < -0.39 is 0 Å². The molecule has 0 aliphatic carbocycles. The Morgan fingerprint density at radius 1 is 0.767 bits per heavy atom. The zero-order chi connectivity index (χ0) is 20.8. The van der Waals surface area contributed by atoms with E-state index in [1.807, 2.05) is 35.2 Å². The van der Waals surface area contributed by atoms with Crippen LogP contribution in [-0.2, 0) is 4.79 Å². The predicted octanol–water partition coefficient (Wildman–Crippen LogP) is 5.29. The number of carbonyl (C=O) groups excluding carboxylic acids is 1. The van der Waals surface area contributed by atoms with Crippen LogP contribution in [0.15, 0.2) is 91.0 Å². The van der Waals surface area contributed by atoms with Crippen molar-refractivity contribution in [3.63, 3.8) is 0 Å². The number of amides is 1. The van der Waals surface area contributed by atoms with Crippen LogP contribution >= 0.6 is 11.6 Å². The number of benzene rings is 3. The minimum absolute atomic E-state index is 0.0561. The van der Waals surface area contributed by atoms with Gasteiger partial charge >= 0.3 is 0 Å². The molecule has 3 nitrogen and oxygen atoms in total. The van der Waals surface area contributed by atoms with Crippen molar-refractivity contribution in [1.82, 2.24) is 9.80 Å². The number of rotatable bonds is 5. The third-order valence-electron chi connectivity index (χ3n) is 5.51. The summed E-state index contributed by atoms with van der Waals surface area (Å²) < 4.78 is 0. The smallest absolute Gasteiger partial charge is 0.246 e. The molecule has 1 aliphatic rings. The summed E-state index contributed by atoms with van der Waals surface area (Å²) in [6, 6.07) is 28.9. The molecule has 0 unspecified atom stereocenters. The number of hydrogen-bond donors (Lipinski definition) is 0. The summed E-state index contributed by atoms with van der Waals surface area (Å²) in [7, 11) is 0. The van der Waals surface area contributed by atoms with Crippen molar-refractivity contribution in [3.8, 4) is 0 Å². The van der Waals surface area contributed by atoms with Gasteiger partial charge in [0.25, 0.3) is 0 Å². The lowest BCUT2D eigenvalue weighted by atomic mass is 9.96. The van der Waals surface area contributed by atoms with Crippen LogP contribution in [0.3, 0.4) is 0 Å². The van der Waals surface area contributed by atoms with E-state index in [2.05, 4.69) is 65.6 Å². The molecule has 0 aromatic heterocycles. The molecular formula is C26H25ClN2O. The van der Waals surface area contributed by atoms with Gasteiger partial charge < -0.3 is 4.90 Å². The van der Waals surface area contributed by atoms with Crippen molar-refractivity contribution in [1.29, 1.82) is 0 Å². The number of piperazine rings is 1. The molecular weight excluding hydrogens is 392 g/mol. The van der Waals surface area contributed by atoms with Crippen molar-refractivity contribution in [2.75, 3.05) is 26.2 Å². The maximum Gasteiger partial charge on any atom is 0.246 e. The molecule has 1 fully saturated rings. The van der Waals surface area contributed by atoms with Crippen LogP contribution in [0.2, 0.25) is 5.02 Å². The Morgan fingerprint density at radius 2 is 1.30 bits per heavy atom. The topological polar surface area (TPSA) is 23.6 Å². The maximum atomic E-state index is 12.6. The molecule has 0 saturated carbocycles. The number of nitrogens with zero attached hydrogens (tertiary/aromatic N) is 2. The summed E-state index contributed by atoms with van der Waals surface area (Å²) in [4.78, 5) is 17.0. The molecule has 0 N–H and O–H groups in total. The lowest BCUT2D eigenvalue weighted by Gasteiger charge is -2.39. The SMILES string of the molecule is O=C(C=Cc1ccc(Cl)cc1)N1CCN(C(c2ccccc2)c2ccccc2)CC1. The van der Waals surface area contributed by atoms with E-state index in [4.69, 9.17) is 11.6 Å². The second kappa shape index (κ2) is 9.75. The van der Waals surface area contributed by atoms with Gasteiger partial charge in [0.2, 0.25) is 5.91 Å². The molecule has 3 aromatic carbocycles. The molecule has 0 radical (unpaired) electrons. The van der Waals surface area contributed by atoms with E-state index in [0.29, 0.717) is 5.02 Å². The highest BCUT2D eigenvalue weighted by atomic mass is 35.5. The molecule has 1 amide bonds. The van der Waals surface area contributed by atoms with E-state index in [-0.39, 0.29) is 11.9 Å². The largest absolute Gasteiger partial charge is 0.337 e. The van der Waals surface area contributed by atoms with Gasteiger partial charge in [-0.05, 0) is 34.9 Å². The number of hydrogen-bond acceptors (Lipinski definition) is 2. The zero-order valence-corrected chi connectivity index (χ0v) is 17.6. The Balaban J connectivity index is 1.43. The highest BCUT2D eigenvalue weighted by molar-refractivity contribution is 6.30. The van der Waals surface area contributed by atoms with Gasteiger partial charge in [-0.25, -0.2) is 0 Å². The van der Waals surface area contributed by atoms with Crippen LogP contribution in [0.4, 0.5) is 0 Å². The van der Waals surface area contributed by atoms with Gasteiger partial charge in [0.15, 0.2) is 0 Å². The monoisotopic (exact) mass is 416 g/mol. The maximum absolute atomic E-state index is 12.6. The molecule has 1 aliphatic heterocycles. The Kier molecular flexibility index (Phi) is 6.63. The quantitative estimate of drug-likeness (QED) is 0.528. The van der Waals surface area contributed by atoms with E-state index in [1.54, 1.807) is 6.08 Å². The highest BCUT2D eigenvalue weighted by Gasteiger charge is 2.27. The molecule has 0 bridgehead atoms. The van der Waals surface area contributed by atoms with Crippen LogP contribution < -0.4 is 0 Å². The van der Waals surface area contributed by atoms with Crippen molar-refractivity contribution in [2.45, 2.75) is 6.04 Å². The zero-order valence-electron chi connectivity index (χ0n) is 16.8. The van der Waals surface area contributed by atoms with Crippen molar-refractivity contribution in [2.24, 2.45) is 0 Å². The minimum atomic E-state index is 0.0561. The first-order valence-corrected chi connectivity index (χ1v) is 10.6. The fourth-order valence-electron chi connectivity index (χ4n) is 3.93. The average molecular weight is 417 g/mol. The molecule has 3 aromatic rings. The summed E-state index contributed by atoms with van der Waals surface area (Å²) in [5, 5.41) is 0.695. The molecule has 4 heteroatoms. The molecule has 152 valence electrons. The van der Waals surface area contributed by atoms with Crippen molar-refractivity contribution < 1.29 is 4.79 Å². The molecule has 4 rings (SSSR count). The van der Waals surface area contributed by atoms with Gasteiger partial charge in [-0.1, -0.05) is 84.4 Å². The van der Waals surface area contributed by atoms with Crippen LogP contribution in [0.25, 0.3) is 6.08 Å². The van der Waals surface area contributed by atoms with E-state index in [0.717, 1.165) is 31.7 Å². The van der Waals surface area contributed by atoms with Gasteiger partial charge in [0.1, 0.15) is 0 Å². The fourth-order valence-corrected chi connectivity index (χ4v) is 4.06. The summed E-state index contributed by atoms with van der Waals surface area (Å²) >= 11 is 5.92. The average Bonchev–Trinajstić information content (AvgIpc) is 2.81. The molecule has 0 spiro atoms. The Hall–Kier alpha value is -2.88. The highest BCUT2D eigenvalue weighted by Crippen LogP contribution is 2.29. The Bertz CT molecular complexity index is 939. The lowest BCUT2D eigenvalue weighted by Crippen LogP contribution is -2.49. The second-order valence-electron chi connectivity index (χ2n) is 7.47. The number of carbonyl (C=O) groups is 1. The summed E-state index contributed by atoms with van der Waals surface area (Å²) in [5.41, 5.74) is 3.54. The van der Waals surface area contributed by atoms with Gasteiger partial charge in [-0.2, -0.15) is 0 Å². The van der Waals surface area contributed by atoms with Gasteiger partial charge in [0.05, 0.1) is 6.04 Å². The van der Waals surface area contributed by atoms with Crippen molar-refractivity contribution in [3.05, 3.63) is 113 Å². The van der Waals surface area contributed by atoms with Crippen LogP contribution in [0.5, 0.6) is 0 Å². The predicted molar refractivity (Wildman–Crippen MR) is 123 cm³/mol. The molecule has 1 saturated heterocycles. The van der Waals surface area contributed by atoms with Crippen LogP contribution in [-0.4, -0.2) is 41.9 Å². The third-order valence-corrected chi connectivity index (χ3v) is 5.76. The normalized spacial score (nSPS) is 15.1. The van der Waals surface area contributed by atoms with E-state index in [9.17, 15) is 4.79 Å².